The van der Waals surface area contributed by atoms with Gasteiger partial charge in [-0.2, -0.15) is 5.11 Å². The second-order valence-electron chi connectivity index (χ2n) is 2.16. The van der Waals surface area contributed by atoms with E-state index in [9.17, 15) is 9.90 Å². The summed E-state index contributed by atoms with van der Waals surface area (Å²) >= 11 is 0. The maximum Gasteiger partial charge on any atom is 0.308 e. The molecular weight excluding hydrogens is 132 g/mol. The molecule has 0 saturated heterocycles. The highest BCUT2D eigenvalue weighted by Gasteiger charge is 2.05. The van der Waals surface area contributed by atoms with Crippen molar-refractivity contribution in [3.8, 4) is 0 Å². The van der Waals surface area contributed by atoms with Crippen molar-refractivity contribution in [1.82, 2.24) is 0 Å². The fourth-order valence-electron chi connectivity index (χ4n) is 0.565. The molecule has 0 aliphatic carbocycles. The van der Waals surface area contributed by atoms with Crippen molar-refractivity contribution in [2.75, 3.05) is 0 Å². The van der Waals surface area contributed by atoms with Crippen LogP contribution in [0.3, 0.4) is 0 Å². The summed E-state index contributed by atoms with van der Waals surface area (Å²) in [5.74, 6) is -0.385. The van der Waals surface area contributed by atoms with Gasteiger partial charge in [-0.05, 0) is 6.42 Å². The molecule has 3 nitrogen and oxygen atoms in total. The van der Waals surface area contributed by atoms with Crippen molar-refractivity contribution in [2.45, 2.75) is 39.4 Å². The molecule has 0 spiro atoms. The molecule has 0 saturated carbocycles. The monoisotopic (exact) mass is 145 g/mol. The highest BCUT2D eigenvalue weighted by Crippen LogP contribution is 1.97. The van der Waals surface area contributed by atoms with E-state index in [0.29, 0.717) is 6.42 Å². The smallest absolute Gasteiger partial charge is 0.308 e. The summed E-state index contributed by atoms with van der Waals surface area (Å²) in [6, 6.07) is 0. The number of esters is 1. The average Bonchev–Trinajstić information content (AvgIpc) is 1.82. The topological polar surface area (TPSA) is 46.2 Å². The van der Waals surface area contributed by atoms with Crippen LogP contribution in [0, 0.1) is 0 Å². The first-order valence-corrected chi connectivity index (χ1v) is 3.52. The number of ether oxygens (including phenoxy) is 1. The van der Waals surface area contributed by atoms with Crippen LogP contribution in [0.1, 0.15) is 33.1 Å². The maximum absolute atomic E-state index is 10.6. The minimum atomic E-state index is -1.22. The van der Waals surface area contributed by atoms with Gasteiger partial charge in [-0.15, -0.1) is 0 Å². The second kappa shape index (κ2) is 5.23. The zero-order valence-electron chi connectivity index (χ0n) is 6.42. The van der Waals surface area contributed by atoms with Crippen LogP contribution in [0.4, 0.5) is 0 Å². The molecule has 0 aromatic carbocycles. The lowest BCUT2D eigenvalue weighted by Gasteiger charge is -2.03. The number of unbranched alkanes of at least 4 members (excludes halogenated alkanes) is 1. The molecule has 0 aliphatic heterocycles. The first kappa shape index (κ1) is 9.43. The van der Waals surface area contributed by atoms with Crippen molar-refractivity contribution in [2.24, 2.45) is 0 Å². The average molecular weight is 145 g/mol. The third-order valence-electron chi connectivity index (χ3n) is 1.03. The Balaban J connectivity index is 3.26. The maximum atomic E-state index is 10.6. The molecule has 0 amide bonds. The van der Waals surface area contributed by atoms with Crippen LogP contribution in [0.2, 0.25) is 0 Å². The third-order valence-corrected chi connectivity index (χ3v) is 1.03. The Bertz CT molecular complexity index is 99.0. The van der Waals surface area contributed by atoms with Gasteiger partial charge in [-0.1, -0.05) is 13.3 Å². The summed E-state index contributed by atoms with van der Waals surface area (Å²) in [5, 5.41) is 10.3. The largest absolute Gasteiger partial charge is 0.433 e. The van der Waals surface area contributed by atoms with E-state index in [4.69, 9.17) is 0 Å². The first-order valence-electron chi connectivity index (χ1n) is 3.52. The predicted molar refractivity (Wildman–Crippen MR) is 35.8 cm³/mol. The van der Waals surface area contributed by atoms with Crippen LogP contribution in [-0.4, -0.2) is 12.3 Å². The van der Waals surface area contributed by atoms with E-state index in [2.05, 4.69) is 4.74 Å². The lowest BCUT2D eigenvalue weighted by molar-refractivity contribution is -0.174. The fourth-order valence-corrected chi connectivity index (χ4v) is 0.565. The van der Waals surface area contributed by atoms with E-state index in [0.717, 1.165) is 12.8 Å². The van der Waals surface area contributed by atoms with Gasteiger partial charge in [0.15, 0.2) is 0 Å². The van der Waals surface area contributed by atoms with Crippen molar-refractivity contribution in [3.63, 3.8) is 0 Å². The summed E-state index contributed by atoms with van der Waals surface area (Å²) in [4.78, 5) is 10.6. The predicted octanol–water partition coefficient (Wildman–Crippen LogP) is 1.50. The lowest BCUT2D eigenvalue weighted by Crippen LogP contribution is -2.11. The van der Waals surface area contributed by atoms with E-state index in [1.165, 1.54) is 6.92 Å². The van der Waals surface area contributed by atoms with Crippen molar-refractivity contribution in [3.05, 3.63) is 0 Å². The van der Waals surface area contributed by atoms with Gasteiger partial charge in [-0.25, -0.2) is 0 Å². The SMILES string of the molecule is CCCCC(=O)OC(C)[O]. The Morgan fingerprint density at radius 3 is 2.60 bits per heavy atom. The highest BCUT2D eigenvalue weighted by molar-refractivity contribution is 5.69. The molecule has 3 heteroatoms. The van der Waals surface area contributed by atoms with E-state index >= 15 is 0 Å². The number of hydrogen-bond acceptors (Lipinski definition) is 2. The Morgan fingerprint density at radius 2 is 2.20 bits per heavy atom. The third kappa shape index (κ3) is 5.56. The van der Waals surface area contributed by atoms with E-state index < -0.39 is 6.29 Å². The first-order chi connectivity index (χ1) is 4.66. The summed E-state index contributed by atoms with van der Waals surface area (Å²) in [6.07, 6.45) is 0.890. The quantitative estimate of drug-likeness (QED) is 0.444. The molecule has 0 heterocycles. The van der Waals surface area contributed by atoms with Gasteiger partial charge >= 0.3 is 5.97 Å². The zero-order chi connectivity index (χ0) is 7.98. The van der Waals surface area contributed by atoms with Crippen LogP contribution in [0.25, 0.3) is 0 Å². The molecule has 0 fully saturated rings. The van der Waals surface area contributed by atoms with Gasteiger partial charge in [-0.3, -0.25) is 4.79 Å². The molecule has 0 aromatic rings. The minimum absolute atomic E-state index is 0.364. The molecule has 1 unspecified atom stereocenters. The number of carbonyl (C=O) groups excluding carboxylic acids is 1. The molecule has 0 aromatic heterocycles. The van der Waals surface area contributed by atoms with Gasteiger partial charge in [0.2, 0.25) is 6.29 Å². The standard InChI is InChI=1S/C7H13O3/c1-3-4-5-7(9)10-6(2)8/h6H,3-5H2,1-2H3. The Hall–Kier alpha value is -0.570. The van der Waals surface area contributed by atoms with E-state index in [1.807, 2.05) is 6.92 Å². The molecule has 0 N–H and O–H groups in total. The van der Waals surface area contributed by atoms with Crippen LogP contribution in [0.15, 0.2) is 0 Å². The van der Waals surface area contributed by atoms with Crippen LogP contribution >= 0.6 is 0 Å². The molecule has 0 bridgehead atoms. The fraction of sp³-hybridized carbons (Fsp3) is 0.857. The van der Waals surface area contributed by atoms with E-state index in [-0.39, 0.29) is 5.97 Å². The minimum Gasteiger partial charge on any atom is -0.433 e. The zero-order valence-corrected chi connectivity index (χ0v) is 6.42. The van der Waals surface area contributed by atoms with Gasteiger partial charge in [0.1, 0.15) is 0 Å². The van der Waals surface area contributed by atoms with Crippen LogP contribution in [0.5, 0.6) is 0 Å². The second-order valence-corrected chi connectivity index (χ2v) is 2.16. The lowest BCUT2D eigenvalue weighted by atomic mass is 10.2. The Morgan fingerprint density at radius 1 is 1.60 bits per heavy atom. The van der Waals surface area contributed by atoms with Crippen LogP contribution in [-0.2, 0) is 14.6 Å². The number of rotatable bonds is 4. The molecule has 1 atom stereocenters. The number of hydrogen-bond donors (Lipinski definition) is 0. The van der Waals surface area contributed by atoms with Gasteiger partial charge in [0.25, 0.3) is 0 Å². The number of carbonyl (C=O) groups is 1. The summed E-state index contributed by atoms with van der Waals surface area (Å²) in [7, 11) is 0. The Kier molecular flexibility index (Phi) is 4.94. The van der Waals surface area contributed by atoms with Gasteiger partial charge in [0, 0.05) is 13.3 Å². The summed E-state index contributed by atoms with van der Waals surface area (Å²) in [5.41, 5.74) is 0. The molecule has 59 valence electrons. The molecule has 0 aliphatic rings. The van der Waals surface area contributed by atoms with Crippen LogP contribution < -0.4 is 0 Å². The van der Waals surface area contributed by atoms with E-state index in [1.54, 1.807) is 0 Å². The van der Waals surface area contributed by atoms with Crippen molar-refractivity contribution >= 4 is 5.97 Å². The highest BCUT2D eigenvalue weighted by atomic mass is 16.6. The molecule has 10 heavy (non-hydrogen) atoms. The molecule has 0 rings (SSSR count). The Labute approximate surface area is 61.0 Å². The summed E-state index contributed by atoms with van der Waals surface area (Å²) in [6.45, 7) is 3.29. The van der Waals surface area contributed by atoms with Crippen molar-refractivity contribution in [1.29, 1.82) is 0 Å². The van der Waals surface area contributed by atoms with Gasteiger partial charge in [0.05, 0.1) is 0 Å². The molecule has 1 radical (unpaired) electrons. The van der Waals surface area contributed by atoms with Crippen molar-refractivity contribution < 1.29 is 14.6 Å². The molecular formula is C7H13O3. The summed E-state index contributed by atoms with van der Waals surface area (Å²) < 4.78 is 4.36. The van der Waals surface area contributed by atoms with Gasteiger partial charge < -0.3 is 4.74 Å². The normalized spacial score (nSPS) is 12.7.